The van der Waals surface area contributed by atoms with Gasteiger partial charge in [-0.1, -0.05) is 18.7 Å². The first-order chi connectivity index (χ1) is 10.9. The summed E-state index contributed by atoms with van der Waals surface area (Å²) in [7, 11) is 1.64. The van der Waals surface area contributed by atoms with Gasteiger partial charge in [0, 0.05) is 20.0 Å². The van der Waals surface area contributed by atoms with Gasteiger partial charge in [0.05, 0.1) is 6.42 Å². The summed E-state index contributed by atoms with van der Waals surface area (Å²) in [5.74, 6) is -0.104. The summed E-state index contributed by atoms with van der Waals surface area (Å²) in [5, 5.41) is 8.61. The maximum absolute atomic E-state index is 11.9. The molecular formula is C18H25NO4. The van der Waals surface area contributed by atoms with Crippen LogP contribution in [0.2, 0.25) is 0 Å². The summed E-state index contributed by atoms with van der Waals surface area (Å²) in [4.78, 5) is 23.8. The number of rotatable bonds is 10. The Morgan fingerprint density at radius 3 is 2.43 bits per heavy atom. The molecule has 1 N–H and O–H groups in total. The lowest BCUT2D eigenvalue weighted by Crippen LogP contribution is -2.28. The Labute approximate surface area is 137 Å². The van der Waals surface area contributed by atoms with Crippen LogP contribution in [0.4, 0.5) is 0 Å². The third-order valence-electron chi connectivity index (χ3n) is 3.35. The standard InChI is InChI=1S/C18H25NO4/c1-14(2)13-23-16-9-7-15(8-10-16)5-4-6-17(20)19(3)12-11-18(21)22/h7-10H,1,4-6,11-13H2,2-3H3,(H,21,22). The fourth-order valence-electron chi connectivity index (χ4n) is 1.98. The van der Waals surface area contributed by atoms with E-state index in [1.54, 1.807) is 7.05 Å². The number of aliphatic carboxylic acids is 1. The second-order valence-electron chi connectivity index (χ2n) is 5.70. The predicted octanol–water partition coefficient (Wildman–Crippen LogP) is 2.90. The molecule has 1 aromatic carbocycles. The van der Waals surface area contributed by atoms with Crippen LogP contribution >= 0.6 is 0 Å². The molecule has 126 valence electrons. The van der Waals surface area contributed by atoms with Crippen molar-refractivity contribution in [1.29, 1.82) is 0 Å². The van der Waals surface area contributed by atoms with E-state index in [4.69, 9.17) is 9.84 Å². The van der Waals surface area contributed by atoms with Crippen LogP contribution in [0, 0.1) is 0 Å². The normalized spacial score (nSPS) is 10.2. The van der Waals surface area contributed by atoms with Gasteiger partial charge in [-0.25, -0.2) is 0 Å². The van der Waals surface area contributed by atoms with E-state index in [0.717, 1.165) is 29.7 Å². The van der Waals surface area contributed by atoms with Crippen molar-refractivity contribution < 1.29 is 19.4 Å². The number of ether oxygens (including phenoxy) is 1. The minimum atomic E-state index is -0.890. The number of benzene rings is 1. The highest BCUT2D eigenvalue weighted by Crippen LogP contribution is 2.14. The number of carbonyl (C=O) groups is 2. The number of carboxylic acid groups (broad SMARTS) is 1. The largest absolute Gasteiger partial charge is 0.489 e. The van der Waals surface area contributed by atoms with Crippen molar-refractivity contribution in [3.8, 4) is 5.75 Å². The van der Waals surface area contributed by atoms with Gasteiger partial charge >= 0.3 is 5.97 Å². The van der Waals surface area contributed by atoms with Crippen LogP contribution in [0.25, 0.3) is 0 Å². The molecule has 0 radical (unpaired) electrons. The van der Waals surface area contributed by atoms with Crippen LogP contribution in [0.1, 0.15) is 31.7 Å². The number of carboxylic acids is 1. The van der Waals surface area contributed by atoms with Gasteiger partial charge in [-0.15, -0.1) is 0 Å². The molecule has 0 spiro atoms. The molecule has 0 atom stereocenters. The maximum atomic E-state index is 11.9. The van der Waals surface area contributed by atoms with Gasteiger partial charge < -0.3 is 14.7 Å². The van der Waals surface area contributed by atoms with E-state index in [1.165, 1.54) is 4.90 Å². The van der Waals surface area contributed by atoms with Gasteiger partial charge in [0.15, 0.2) is 0 Å². The molecule has 0 saturated carbocycles. The van der Waals surface area contributed by atoms with E-state index in [1.807, 2.05) is 31.2 Å². The fraction of sp³-hybridized carbons (Fsp3) is 0.444. The minimum Gasteiger partial charge on any atom is -0.489 e. The molecule has 0 aromatic heterocycles. The summed E-state index contributed by atoms with van der Waals surface area (Å²) >= 11 is 0. The third-order valence-corrected chi connectivity index (χ3v) is 3.35. The van der Waals surface area contributed by atoms with Gasteiger partial charge in [-0.05, 0) is 43.0 Å². The Balaban J connectivity index is 2.30. The molecule has 0 unspecified atom stereocenters. The zero-order valence-corrected chi connectivity index (χ0v) is 13.9. The van der Waals surface area contributed by atoms with Crippen LogP contribution in [0.3, 0.4) is 0 Å². The van der Waals surface area contributed by atoms with Gasteiger partial charge in [0.25, 0.3) is 0 Å². The van der Waals surface area contributed by atoms with Crippen LogP contribution in [-0.4, -0.2) is 42.1 Å². The molecule has 5 nitrogen and oxygen atoms in total. The lowest BCUT2D eigenvalue weighted by molar-refractivity contribution is -0.138. The smallest absolute Gasteiger partial charge is 0.305 e. The van der Waals surface area contributed by atoms with E-state index in [0.29, 0.717) is 13.0 Å². The van der Waals surface area contributed by atoms with Crippen molar-refractivity contribution >= 4 is 11.9 Å². The van der Waals surface area contributed by atoms with Gasteiger partial charge in [-0.3, -0.25) is 9.59 Å². The van der Waals surface area contributed by atoms with Crippen LogP contribution in [0.15, 0.2) is 36.4 Å². The Bertz CT molecular complexity index is 536. The average Bonchev–Trinajstić information content (AvgIpc) is 2.51. The van der Waals surface area contributed by atoms with Gasteiger partial charge in [-0.2, -0.15) is 0 Å². The van der Waals surface area contributed by atoms with E-state index in [2.05, 4.69) is 6.58 Å². The molecule has 0 saturated heterocycles. The molecule has 0 aliphatic carbocycles. The third kappa shape index (κ3) is 8.04. The summed E-state index contributed by atoms with van der Waals surface area (Å²) in [6.07, 6.45) is 1.94. The van der Waals surface area contributed by atoms with Crippen molar-refractivity contribution in [2.24, 2.45) is 0 Å². The lowest BCUT2D eigenvalue weighted by atomic mass is 10.1. The zero-order chi connectivity index (χ0) is 17.2. The summed E-state index contributed by atoms with van der Waals surface area (Å²) in [5.41, 5.74) is 2.12. The first-order valence-corrected chi connectivity index (χ1v) is 7.70. The van der Waals surface area contributed by atoms with Crippen molar-refractivity contribution in [3.05, 3.63) is 42.0 Å². The van der Waals surface area contributed by atoms with Crippen molar-refractivity contribution in [3.63, 3.8) is 0 Å². The fourth-order valence-corrected chi connectivity index (χ4v) is 1.98. The topological polar surface area (TPSA) is 66.8 Å². The van der Waals surface area contributed by atoms with Crippen LogP contribution < -0.4 is 4.74 Å². The molecule has 0 heterocycles. The number of aryl methyl sites for hydroxylation is 1. The highest BCUT2D eigenvalue weighted by atomic mass is 16.5. The molecule has 0 aliphatic heterocycles. The Morgan fingerprint density at radius 1 is 1.22 bits per heavy atom. The summed E-state index contributed by atoms with van der Waals surface area (Å²) < 4.78 is 5.53. The number of carbonyl (C=O) groups excluding carboxylic acids is 1. The molecule has 0 bridgehead atoms. The molecule has 0 aliphatic rings. The Morgan fingerprint density at radius 2 is 1.87 bits per heavy atom. The quantitative estimate of drug-likeness (QED) is 0.673. The Hall–Kier alpha value is -2.30. The monoisotopic (exact) mass is 319 g/mol. The predicted molar refractivity (Wildman–Crippen MR) is 89.6 cm³/mol. The molecule has 1 amide bonds. The molecule has 1 aromatic rings. The van der Waals surface area contributed by atoms with Crippen molar-refractivity contribution in [2.45, 2.75) is 32.6 Å². The van der Waals surface area contributed by atoms with E-state index in [-0.39, 0.29) is 18.9 Å². The number of nitrogens with zero attached hydrogens (tertiary/aromatic N) is 1. The first kappa shape index (κ1) is 18.7. The number of hydrogen-bond acceptors (Lipinski definition) is 3. The zero-order valence-electron chi connectivity index (χ0n) is 13.9. The van der Waals surface area contributed by atoms with Gasteiger partial charge in [0.1, 0.15) is 12.4 Å². The highest BCUT2D eigenvalue weighted by Gasteiger charge is 2.09. The van der Waals surface area contributed by atoms with Crippen LogP contribution in [-0.2, 0) is 16.0 Å². The molecule has 1 rings (SSSR count). The average molecular weight is 319 g/mol. The second kappa shape index (κ2) is 9.66. The highest BCUT2D eigenvalue weighted by molar-refractivity contribution is 5.76. The minimum absolute atomic E-state index is 0.0200. The second-order valence-corrected chi connectivity index (χ2v) is 5.70. The van der Waals surface area contributed by atoms with Gasteiger partial charge in [0.2, 0.25) is 5.91 Å². The number of hydrogen-bond donors (Lipinski definition) is 1. The lowest BCUT2D eigenvalue weighted by Gasteiger charge is -2.15. The molecule has 0 fully saturated rings. The molecular weight excluding hydrogens is 294 g/mol. The molecule has 23 heavy (non-hydrogen) atoms. The maximum Gasteiger partial charge on any atom is 0.305 e. The Kier molecular flexibility index (Phi) is 7.88. The molecule has 5 heteroatoms. The van der Waals surface area contributed by atoms with E-state index in [9.17, 15) is 9.59 Å². The SMILES string of the molecule is C=C(C)COc1ccc(CCCC(=O)N(C)CCC(=O)O)cc1. The number of amides is 1. The van der Waals surface area contributed by atoms with Crippen molar-refractivity contribution in [1.82, 2.24) is 4.90 Å². The van der Waals surface area contributed by atoms with Crippen molar-refractivity contribution in [2.75, 3.05) is 20.2 Å². The first-order valence-electron chi connectivity index (χ1n) is 7.70. The van der Waals surface area contributed by atoms with E-state index < -0.39 is 5.97 Å². The van der Waals surface area contributed by atoms with E-state index >= 15 is 0 Å². The summed E-state index contributed by atoms with van der Waals surface area (Å²) in [6, 6.07) is 7.82. The summed E-state index contributed by atoms with van der Waals surface area (Å²) in [6.45, 7) is 6.47. The van der Waals surface area contributed by atoms with Crippen LogP contribution in [0.5, 0.6) is 5.75 Å².